The fraction of sp³-hybridized carbons (Fsp3) is 0.545. The maximum absolute atomic E-state index is 13.1. The highest BCUT2D eigenvalue weighted by Gasteiger charge is 2.35. The van der Waals surface area contributed by atoms with Crippen molar-refractivity contribution in [1.82, 2.24) is 30.7 Å². The Bertz CT molecular complexity index is 856. The van der Waals surface area contributed by atoms with E-state index >= 15 is 0 Å². The molecule has 1 amide bonds. The SMILES string of the molecule is Cc1cc(-c2cncnc2)cc(C2CCCN(C(=O)C3CC(C(C)C)NN3)C2)n1. The topological polar surface area (TPSA) is 83.0 Å². The zero-order chi connectivity index (χ0) is 20.4. The summed E-state index contributed by atoms with van der Waals surface area (Å²) < 4.78 is 0. The molecule has 0 saturated carbocycles. The zero-order valence-electron chi connectivity index (χ0n) is 17.4. The Hall–Kier alpha value is -2.38. The van der Waals surface area contributed by atoms with Gasteiger partial charge in [-0.1, -0.05) is 13.8 Å². The average molecular weight is 395 g/mol. The Morgan fingerprint density at radius 3 is 2.69 bits per heavy atom. The van der Waals surface area contributed by atoms with Gasteiger partial charge in [0.05, 0.1) is 0 Å². The Balaban J connectivity index is 1.49. The second-order valence-corrected chi connectivity index (χ2v) is 8.60. The molecule has 0 radical (unpaired) electrons. The number of carbonyl (C=O) groups is 1. The highest BCUT2D eigenvalue weighted by atomic mass is 16.2. The van der Waals surface area contributed by atoms with Gasteiger partial charge in [0.1, 0.15) is 12.4 Å². The molecule has 0 spiro atoms. The highest BCUT2D eigenvalue weighted by molar-refractivity contribution is 5.82. The minimum Gasteiger partial charge on any atom is -0.341 e. The first-order valence-electron chi connectivity index (χ1n) is 10.5. The molecule has 7 heteroatoms. The van der Waals surface area contributed by atoms with Gasteiger partial charge in [-0.05, 0) is 49.8 Å². The molecule has 4 heterocycles. The molecule has 0 bridgehead atoms. The Kier molecular flexibility index (Phi) is 5.87. The lowest BCUT2D eigenvalue weighted by Crippen LogP contribution is -2.48. The molecule has 3 atom stereocenters. The van der Waals surface area contributed by atoms with Crippen LogP contribution in [-0.4, -0.2) is 50.9 Å². The number of rotatable bonds is 4. The van der Waals surface area contributed by atoms with Crippen molar-refractivity contribution >= 4 is 5.91 Å². The molecule has 2 saturated heterocycles. The number of likely N-dealkylation sites (tertiary alicyclic amines) is 1. The van der Waals surface area contributed by atoms with Crippen LogP contribution in [0.25, 0.3) is 11.1 Å². The summed E-state index contributed by atoms with van der Waals surface area (Å²) in [5.74, 6) is 0.965. The van der Waals surface area contributed by atoms with Crippen molar-refractivity contribution in [2.24, 2.45) is 5.92 Å². The van der Waals surface area contributed by atoms with Gasteiger partial charge in [-0.25, -0.2) is 15.4 Å². The summed E-state index contributed by atoms with van der Waals surface area (Å²) in [5, 5.41) is 0. The van der Waals surface area contributed by atoms with E-state index in [0.29, 0.717) is 12.0 Å². The standard InChI is InChI=1S/C22H30N6O/c1-14(2)19-9-21(27-26-19)22(29)28-6-4-5-16(12-28)20-8-17(7-15(3)25-20)18-10-23-13-24-11-18/h7-8,10-11,13-14,16,19,21,26-27H,4-6,9,12H2,1-3H3. The van der Waals surface area contributed by atoms with Crippen molar-refractivity contribution in [2.75, 3.05) is 13.1 Å². The summed E-state index contributed by atoms with van der Waals surface area (Å²) in [6, 6.07) is 4.41. The molecule has 2 aromatic rings. The van der Waals surface area contributed by atoms with Gasteiger partial charge < -0.3 is 4.90 Å². The summed E-state index contributed by atoms with van der Waals surface area (Å²) in [4.78, 5) is 28.2. The Morgan fingerprint density at radius 2 is 1.97 bits per heavy atom. The van der Waals surface area contributed by atoms with E-state index in [0.717, 1.165) is 54.9 Å². The van der Waals surface area contributed by atoms with Gasteiger partial charge >= 0.3 is 0 Å². The summed E-state index contributed by atoms with van der Waals surface area (Å²) in [5.41, 5.74) is 10.6. The van der Waals surface area contributed by atoms with E-state index in [9.17, 15) is 4.79 Å². The van der Waals surface area contributed by atoms with Crippen LogP contribution in [0.2, 0.25) is 0 Å². The lowest BCUT2D eigenvalue weighted by molar-refractivity contribution is -0.134. The second kappa shape index (κ2) is 8.55. The van der Waals surface area contributed by atoms with Crippen molar-refractivity contribution in [1.29, 1.82) is 0 Å². The number of nitrogens with zero attached hydrogens (tertiary/aromatic N) is 4. The lowest BCUT2D eigenvalue weighted by Gasteiger charge is -2.34. The van der Waals surface area contributed by atoms with Crippen LogP contribution in [0.1, 0.15) is 50.4 Å². The molecule has 2 fully saturated rings. The van der Waals surface area contributed by atoms with E-state index in [1.54, 1.807) is 6.33 Å². The number of piperidine rings is 1. The smallest absolute Gasteiger partial charge is 0.241 e. The van der Waals surface area contributed by atoms with Gasteiger partial charge in [-0.15, -0.1) is 0 Å². The molecule has 29 heavy (non-hydrogen) atoms. The zero-order valence-corrected chi connectivity index (χ0v) is 17.4. The maximum Gasteiger partial charge on any atom is 0.241 e. The third-order valence-electron chi connectivity index (χ3n) is 6.05. The number of amides is 1. The number of aryl methyl sites for hydroxylation is 1. The molecule has 0 aromatic carbocycles. The van der Waals surface area contributed by atoms with Crippen LogP contribution in [-0.2, 0) is 4.79 Å². The first-order valence-corrected chi connectivity index (χ1v) is 10.5. The predicted octanol–water partition coefficient (Wildman–Crippen LogP) is 2.44. The summed E-state index contributed by atoms with van der Waals surface area (Å²) >= 11 is 0. The van der Waals surface area contributed by atoms with Gasteiger partial charge in [-0.3, -0.25) is 15.2 Å². The number of aromatic nitrogens is 3. The van der Waals surface area contributed by atoms with E-state index in [2.05, 4.69) is 46.8 Å². The van der Waals surface area contributed by atoms with Crippen LogP contribution in [0, 0.1) is 12.8 Å². The molecule has 154 valence electrons. The number of pyridine rings is 1. The molecule has 2 aromatic heterocycles. The summed E-state index contributed by atoms with van der Waals surface area (Å²) in [6.07, 6.45) is 8.09. The fourth-order valence-electron chi connectivity index (χ4n) is 4.34. The minimum atomic E-state index is -0.136. The minimum absolute atomic E-state index is 0.136. The van der Waals surface area contributed by atoms with Gasteiger partial charge in [0.15, 0.2) is 0 Å². The molecule has 0 aliphatic carbocycles. The van der Waals surface area contributed by atoms with Crippen LogP contribution < -0.4 is 10.9 Å². The maximum atomic E-state index is 13.1. The Morgan fingerprint density at radius 1 is 1.17 bits per heavy atom. The summed E-state index contributed by atoms with van der Waals surface area (Å²) in [6.45, 7) is 7.93. The predicted molar refractivity (Wildman–Crippen MR) is 112 cm³/mol. The van der Waals surface area contributed by atoms with E-state index in [1.165, 1.54) is 0 Å². The number of hydrogen-bond donors (Lipinski definition) is 2. The second-order valence-electron chi connectivity index (χ2n) is 8.60. The van der Waals surface area contributed by atoms with E-state index in [-0.39, 0.29) is 17.9 Å². The molecular formula is C22H30N6O. The first kappa shape index (κ1) is 19.9. The van der Waals surface area contributed by atoms with Crippen molar-refractivity contribution < 1.29 is 4.79 Å². The fourth-order valence-corrected chi connectivity index (χ4v) is 4.34. The van der Waals surface area contributed by atoms with Gasteiger partial charge in [0, 0.05) is 54.4 Å². The number of hydrogen-bond acceptors (Lipinski definition) is 6. The van der Waals surface area contributed by atoms with Crippen LogP contribution in [0.4, 0.5) is 0 Å². The van der Waals surface area contributed by atoms with Gasteiger partial charge in [-0.2, -0.15) is 0 Å². The first-order chi connectivity index (χ1) is 14.0. The van der Waals surface area contributed by atoms with E-state index in [1.807, 2.05) is 24.2 Å². The molecule has 2 aliphatic heterocycles. The molecule has 7 nitrogen and oxygen atoms in total. The van der Waals surface area contributed by atoms with Gasteiger partial charge in [0.2, 0.25) is 5.91 Å². The van der Waals surface area contributed by atoms with Crippen molar-refractivity contribution in [3.63, 3.8) is 0 Å². The van der Waals surface area contributed by atoms with Crippen LogP contribution >= 0.6 is 0 Å². The van der Waals surface area contributed by atoms with Crippen LogP contribution in [0.3, 0.4) is 0 Å². The Labute approximate surface area is 172 Å². The number of hydrazine groups is 1. The lowest BCUT2D eigenvalue weighted by atomic mass is 9.91. The highest BCUT2D eigenvalue weighted by Crippen LogP contribution is 2.30. The third-order valence-corrected chi connectivity index (χ3v) is 6.05. The molecular weight excluding hydrogens is 364 g/mol. The normalized spacial score (nSPS) is 24.8. The molecule has 3 unspecified atom stereocenters. The number of nitrogens with one attached hydrogen (secondary N) is 2. The van der Waals surface area contributed by atoms with Crippen LogP contribution in [0.15, 0.2) is 30.9 Å². The van der Waals surface area contributed by atoms with Crippen molar-refractivity contribution in [3.05, 3.63) is 42.2 Å². The van der Waals surface area contributed by atoms with Crippen molar-refractivity contribution in [3.8, 4) is 11.1 Å². The number of carbonyl (C=O) groups excluding carboxylic acids is 1. The molecule has 2 N–H and O–H groups in total. The quantitative estimate of drug-likeness (QED) is 0.829. The van der Waals surface area contributed by atoms with Crippen molar-refractivity contribution in [2.45, 2.75) is 58.0 Å². The monoisotopic (exact) mass is 394 g/mol. The molecule has 4 rings (SSSR count). The average Bonchev–Trinajstić information content (AvgIpc) is 3.24. The van der Waals surface area contributed by atoms with E-state index < -0.39 is 0 Å². The third kappa shape index (κ3) is 4.46. The summed E-state index contributed by atoms with van der Waals surface area (Å²) in [7, 11) is 0. The van der Waals surface area contributed by atoms with E-state index in [4.69, 9.17) is 4.98 Å². The molecule has 2 aliphatic rings. The largest absolute Gasteiger partial charge is 0.341 e. The van der Waals surface area contributed by atoms with Gasteiger partial charge in [0.25, 0.3) is 0 Å². The van der Waals surface area contributed by atoms with Crippen LogP contribution in [0.5, 0.6) is 0 Å².